The fourth-order valence-corrected chi connectivity index (χ4v) is 3.27. The number of fused-ring (bicyclic) bond motifs is 1. The molecule has 3 heteroatoms. The molecule has 1 heterocycles. The van der Waals surface area contributed by atoms with Gasteiger partial charge in [-0.2, -0.15) is 5.10 Å². The quantitative estimate of drug-likeness (QED) is 0.925. The highest BCUT2D eigenvalue weighted by Gasteiger charge is 2.23. The van der Waals surface area contributed by atoms with Crippen LogP contribution in [0, 0.1) is 6.92 Å². The summed E-state index contributed by atoms with van der Waals surface area (Å²) in [6, 6.07) is 9.34. The molecule has 0 bridgehead atoms. The van der Waals surface area contributed by atoms with Crippen molar-refractivity contribution in [2.75, 3.05) is 0 Å². The summed E-state index contributed by atoms with van der Waals surface area (Å²) in [5, 5.41) is 8.12. The van der Waals surface area contributed by atoms with Gasteiger partial charge in [-0.3, -0.25) is 4.68 Å². The molecule has 0 amide bonds. The van der Waals surface area contributed by atoms with Crippen molar-refractivity contribution in [2.45, 2.75) is 45.2 Å². The fourth-order valence-electron chi connectivity index (χ4n) is 3.27. The van der Waals surface area contributed by atoms with E-state index in [0.717, 1.165) is 12.2 Å². The predicted molar refractivity (Wildman–Crippen MR) is 81.6 cm³/mol. The molecule has 2 aromatic rings. The van der Waals surface area contributed by atoms with Crippen molar-refractivity contribution >= 4 is 0 Å². The van der Waals surface area contributed by atoms with E-state index < -0.39 is 0 Å². The smallest absolute Gasteiger partial charge is 0.0638 e. The van der Waals surface area contributed by atoms with Crippen molar-refractivity contribution in [3.8, 4) is 0 Å². The molecular weight excluding hydrogens is 246 g/mol. The van der Waals surface area contributed by atoms with Gasteiger partial charge in [0.1, 0.15) is 0 Å². The standard InChI is InChI=1S/C17H23N3/c1-12-8-9-17(16-7-5-4-6-15(12)16)18-10-14-11-20(3)19-13(14)2/h4-7,11-12,17-18H,8-10H2,1-3H3. The second-order valence-corrected chi connectivity index (χ2v) is 5.95. The van der Waals surface area contributed by atoms with Crippen LogP contribution in [0.3, 0.4) is 0 Å². The Kier molecular flexibility index (Phi) is 3.62. The number of rotatable bonds is 3. The Balaban J connectivity index is 1.76. The lowest BCUT2D eigenvalue weighted by Gasteiger charge is -2.30. The van der Waals surface area contributed by atoms with Crippen molar-refractivity contribution in [3.63, 3.8) is 0 Å². The second kappa shape index (κ2) is 5.41. The Labute approximate surface area is 121 Å². The van der Waals surface area contributed by atoms with Crippen LogP contribution in [0.4, 0.5) is 0 Å². The number of nitrogens with one attached hydrogen (secondary N) is 1. The maximum absolute atomic E-state index is 4.41. The molecule has 0 saturated heterocycles. The van der Waals surface area contributed by atoms with Gasteiger partial charge in [-0.05, 0) is 36.8 Å². The lowest BCUT2D eigenvalue weighted by molar-refractivity contribution is 0.431. The van der Waals surface area contributed by atoms with Gasteiger partial charge in [0.05, 0.1) is 5.69 Å². The summed E-state index contributed by atoms with van der Waals surface area (Å²) in [4.78, 5) is 0. The number of aryl methyl sites for hydroxylation is 2. The Morgan fingerprint density at radius 3 is 2.70 bits per heavy atom. The summed E-state index contributed by atoms with van der Waals surface area (Å²) in [5.41, 5.74) is 5.41. The molecule has 3 rings (SSSR count). The minimum absolute atomic E-state index is 0.474. The summed E-state index contributed by atoms with van der Waals surface area (Å²) >= 11 is 0. The van der Waals surface area contributed by atoms with E-state index in [4.69, 9.17) is 0 Å². The first-order valence-electron chi connectivity index (χ1n) is 7.46. The Morgan fingerprint density at radius 2 is 2.00 bits per heavy atom. The zero-order chi connectivity index (χ0) is 14.1. The third kappa shape index (κ3) is 2.50. The summed E-state index contributed by atoms with van der Waals surface area (Å²) in [5.74, 6) is 0.685. The molecule has 2 unspecified atom stereocenters. The SMILES string of the molecule is Cc1nn(C)cc1CNC1CCC(C)c2ccccc21. The predicted octanol–water partition coefficient (Wildman–Crippen LogP) is 3.46. The summed E-state index contributed by atoms with van der Waals surface area (Å²) < 4.78 is 1.89. The molecule has 3 nitrogen and oxygen atoms in total. The highest BCUT2D eigenvalue weighted by Crippen LogP contribution is 2.37. The first-order chi connectivity index (χ1) is 9.65. The van der Waals surface area contributed by atoms with Gasteiger partial charge in [-0.15, -0.1) is 0 Å². The van der Waals surface area contributed by atoms with Gasteiger partial charge >= 0.3 is 0 Å². The van der Waals surface area contributed by atoms with Gasteiger partial charge in [0, 0.05) is 31.4 Å². The van der Waals surface area contributed by atoms with E-state index in [-0.39, 0.29) is 0 Å². The van der Waals surface area contributed by atoms with E-state index in [1.807, 2.05) is 11.7 Å². The number of hydrogen-bond acceptors (Lipinski definition) is 2. The van der Waals surface area contributed by atoms with Crippen LogP contribution >= 0.6 is 0 Å². The number of nitrogens with zero attached hydrogens (tertiary/aromatic N) is 2. The molecule has 0 radical (unpaired) electrons. The van der Waals surface area contributed by atoms with Crippen molar-refractivity contribution in [3.05, 3.63) is 52.8 Å². The maximum Gasteiger partial charge on any atom is 0.0638 e. The lowest BCUT2D eigenvalue weighted by atomic mass is 9.81. The van der Waals surface area contributed by atoms with Crippen molar-refractivity contribution < 1.29 is 0 Å². The van der Waals surface area contributed by atoms with Crippen LogP contribution in [0.2, 0.25) is 0 Å². The summed E-state index contributed by atoms with van der Waals surface area (Å²) in [6.07, 6.45) is 4.60. The van der Waals surface area contributed by atoms with Gasteiger partial charge in [0.15, 0.2) is 0 Å². The van der Waals surface area contributed by atoms with Crippen LogP contribution in [0.1, 0.15) is 54.1 Å². The van der Waals surface area contributed by atoms with E-state index in [0.29, 0.717) is 12.0 Å². The van der Waals surface area contributed by atoms with Crippen LogP contribution in [-0.4, -0.2) is 9.78 Å². The average Bonchev–Trinajstić information content (AvgIpc) is 2.77. The van der Waals surface area contributed by atoms with Crippen LogP contribution in [0.5, 0.6) is 0 Å². The molecule has 1 aromatic heterocycles. The zero-order valence-corrected chi connectivity index (χ0v) is 12.6. The molecule has 0 spiro atoms. The molecule has 20 heavy (non-hydrogen) atoms. The summed E-state index contributed by atoms with van der Waals surface area (Å²) in [7, 11) is 1.98. The van der Waals surface area contributed by atoms with Crippen LogP contribution < -0.4 is 5.32 Å². The molecule has 0 fully saturated rings. The van der Waals surface area contributed by atoms with E-state index in [2.05, 4.69) is 54.7 Å². The molecule has 1 aromatic carbocycles. The largest absolute Gasteiger partial charge is 0.306 e. The van der Waals surface area contributed by atoms with Crippen LogP contribution in [0.15, 0.2) is 30.5 Å². The summed E-state index contributed by atoms with van der Waals surface area (Å²) in [6.45, 7) is 5.31. The number of aromatic nitrogens is 2. The molecular formula is C17H23N3. The van der Waals surface area contributed by atoms with Crippen LogP contribution in [0.25, 0.3) is 0 Å². The highest BCUT2D eigenvalue weighted by atomic mass is 15.2. The van der Waals surface area contributed by atoms with Gasteiger partial charge in [-0.25, -0.2) is 0 Å². The Morgan fingerprint density at radius 1 is 1.25 bits per heavy atom. The van der Waals surface area contributed by atoms with E-state index in [1.54, 1.807) is 0 Å². The number of benzene rings is 1. The first-order valence-corrected chi connectivity index (χ1v) is 7.46. The first kappa shape index (κ1) is 13.4. The van der Waals surface area contributed by atoms with E-state index in [9.17, 15) is 0 Å². The van der Waals surface area contributed by atoms with Gasteiger partial charge in [0.25, 0.3) is 0 Å². The third-order valence-electron chi connectivity index (χ3n) is 4.44. The minimum atomic E-state index is 0.474. The van der Waals surface area contributed by atoms with Gasteiger partial charge in [0.2, 0.25) is 0 Å². The van der Waals surface area contributed by atoms with Gasteiger partial charge in [-0.1, -0.05) is 31.2 Å². The molecule has 0 aliphatic heterocycles. The highest BCUT2D eigenvalue weighted by molar-refractivity contribution is 5.35. The van der Waals surface area contributed by atoms with Crippen molar-refractivity contribution in [1.82, 2.24) is 15.1 Å². The average molecular weight is 269 g/mol. The normalized spacial score (nSPS) is 21.8. The molecule has 106 valence electrons. The molecule has 1 aliphatic carbocycles. The van der Waals surface area contributed by atoms with Crippen molar-refractivity contribution in [1.29, 1.82) is 0 Å². The third-order valence-corrected chi connectivity index (χ3v) is 4.44. The topological polar surface area (TPSA) is 29.9 Å². The zero-order valence-electron chi connectivity index (χ0n) is 12.6. The van der Waals surface area contributed by atoms with E-state index >= 15 is 0 Å². The van der Waals surface area contributed by atoms with E-state index in [1.165, 1.54) is 29.5 Å². The lowest BCUT2D eigenvalue weighted by Crippen LogP contribution is -2.26. The number of hydrogen-bond donors (Lipinski definition) is 1. The Hall–Kier alpha value is -1.61. The fraction of sp³-hybridized carbons (Fsp3) is 0.471. The van der Waals surface area contributed by atoms with Crippen LogP contribution in [-0.2, 0) is 13.6 Å². The minimum Gasteiger partial charge on any atom is -0.306 e. The Bertz CT molecular complexity index is 600. The monoisotopic (exact) mass is 269 g/mol. The van der Waals surface area contributed by atoms with Crippen molar-refractivity contribution in [2.24, 2.45) is 7.05 Å². The molecule has 1 N–H and O–H groups in total. The molecule has 2 atom stereocenters. The molecule has 0 saturated carbocycles. The molecule has 1 aliphatic rings. The maximum atomic E-state index is 4.41. The second-order valence-electron chi connectivity index (χ2n) is 5.95. The van der Waals surface area contributed by atoms with Gasteiger partial charge < -0.3 is 5.32 Å².